The van der Waals surface area contributed by atoms with Crippen LogP contribution >= 0.6 is 0 Å². The summed E-state index contributed by atoms with van der Waals surface area (Å²) in [5.41, 5.74) is 2.68. The van der Waals surface area contributed by atoms with Gasteiger partial charge < -0.3 is 9.80 Å². The number of aryl methyl sites for hydroxylation is 2. The average Bonchev–Trinajstić information content (AvgIpc) is 2.93. The predicted molar refractivity (Wildman–Crippen MR) is 94.1 cm³/mol. The molecule has 6 nitrogen and oxygen atoms in total. The van der Waals surface area contributed by atoms with Crippen LogP contribution in [-0.4, -0.2) is 39.8 Å². The van der Waals surface area contributed by atoms with Crippen LogP contribution in [0, 0.1) is 12.7 Å². The van der Waals surface area contributed by atoms with E-state index in [-0.39, 0.29) is 17.9 Å². The molecule has 0 spiro atoms. The van der Waals surface area contributed by atoms with Crippen LogP contribution in [0.2, 0.25) is 0 Å². The highest BCUT2D eigenvalue weighted by molar-refractivity contribution is 5.91. The molecule has 0 atom stereocenters. The Morgan fingerprint density at radius 2 is 2.04 bits per heavy atom. The number of hydrogen-bond donors (Lipinski definition) is 1. The molecule has 3 heterocycles. The number of hydrogen-bond acceptors (Lipinski definition) is 3. The van der Waals surface area contributed by atoms with Gasteiger partial charge in [-0.15, -0.1) is 0 Å². The number of nitrogens with zero attached hydrogens (tertiary/aromatic N) is 4. The summed E-state index contributed by atoms with van der Waals surface area (Å²) < 4.78 is 15.9. The second-order valence-corrected chi connectivity index (χ2v) is 6.86. The fourth-order valence-electron chi connectivity index (χ4n) is 3.91. The number of urea groups is 1. The molecular formula is C18H22FN5O. The maximum Gasteiger partial charge on any atom is 0.323 e. The number of carbonyl (C=O) groups excluding carboxylic acids is 1. The summed E-state index contributed by atoms with van der Waals surface area (Å²) in [7, 11) is 1.85. The molecule has 2 aromatic rings. The van der Waals surface area contributed by atoms with Crippen molar-refractivity contribution in [2.24, 2.45) is 7.05 Å². The molecule has 2 amide bonds. The van der Waals surface area contributed by atoms with Crippen LogP contribution < -0.4 is 10.2 Å². The molecule has 0 bridgehead atoms. The van der Waals surface area contributed by atoms with Gasteiger partial charge in [-0.05, 0) is 31.4 Å². The van der Waals surface area contributed by atoms with E-state index in [1.807, 2.05) is 31.1 Å². The molecule has 25 heavy (non-hydrogen) atoms. The third-order valence-corrected chi connectivity index (χ3v) is 5.14. The second kappa shape index (κ2) is 6.06. The minimum Gasteiger partial charge on any atom is -0.369 e. The van der Waals surface area contributed by atoms with Crippen molar-refractivity contribution in [1.82, 2.24) is 14.7 Å². The van der Waals surface area contributed by atoms with Gasteiger partial charge in [0.2, 0.25) is 0 Å². The number of aromatic nitrogens is 2. The van der Waals surface area contributed by atoms with E-state index in [1.54, 1.807) is 10.7 Å². The van der Waals surface area contributed by atoms with Crippen LogP contribution in [0.1, 0.15) is 24.0 Å². The molecule has 0 aliphatic carbocycles. The molecule has 0 saturated carbocycles. The summed E-state index contributed by atoms with van der Waals surface area (Å²) >= 11 is 0. The van der Waals surface area contributed by atoms with Gasteiger partial charge in [0.1, 0.15) is 5.82 Å². The molecule has 0 unspecified atom stereocenters. The summed E-state index contributed by atoms with van der Waals surface area (Å²) in [5, 5.41) is 7.13. The van der Waals surface area contributed by atoms with Crippen molar-refractivity contribution in [3.63, 3.8) is 0 Å². The van der Waals surface area contributed by atoms with Crippen molar-refractivity contribution >= 4 is 17.5 Å². The van der Waals surface area contributed by atoms with Crippen LogP contribution in [0.25, 0.3) is 0 Å². The second-order valence-electron chi connectivity index (χ2n) is 6.86. The minimum absolute atomic E-state index is 0.0910. The molecule has 1 aromatic carbocycles. The fraction of sp³-hybridized carbons (Fsp3) is 0.444. The molecule has 1 fully saturated rings. The molecule has 132 valence electrons. The van der Waals surface area contributed by atoms with E-state index in [0.29, 0.717) is 18.1 Å². The Morgan fingerprint density at radius 1 is 1.28 bits per heavy atom. The van der Waals surface area contributed by atoms with Crippen LogP contribution in [0.5, 0.6) is 0 Å². The number of para-hydroxylation sites is 1. The average molecular weight is 343 g/mol. The fourth-order valence-corrected chi connectivity index (χ4v) is 3.91. The Labute approximate surface area is 146 Å². The topological polar surface area (TPSA) is 53.4 Å². The monoisotopic (exact) mass is 343 g/mol. The van der Waals surface area contributed by atoms with Gasteiger partial charge in [0.15, 0.2) is 5.82 Å². The summed E-state index contributed by atoms with van der Waals surface area (Å²) in [6, 6.07) is 5.26. The normalized spacial score (nSPS) is 18.3. The molecule has 0 radical (unpaired) electrons. The van der Waals surface area contributed by atoms with Gasteiger partial charge in [0.05, 0.1) is 12.2 Å². The van der Waals surface area contributed by atoms with E-state index >= 15 is 0 Å². The van der Waals surface area contributed by atoms with Crippen molar-refractivity contribution in [3.8, 4) is 0 Å². The van der Waals surface area contributed by atoms with Crippen LogP contribution in [0.4, 0.5) is 20.7 Å². The third kappa shape index (κ3) is 2.83. The lowest BCUT2D eigenvalue weighted by Crippen LogP contribution is -2.50. The molecule has 2 aliphatic heterocycles. The molecular weight excluding hydrogens is 321 g/mol. The van der Waals surface area contributed by atoms with Gasteiger partial charge in [0, 0.05) is 37.9 Å². The number of anilines is 2. The van der Waals surface area contributed by atoms with E-state index in [9.17, 15) is 9.18 Å². The summed E-state index contributed by atoms with van der Waals surface area (Å²) in [6.45, 7) is 4.01. The number of carbonyl (C=O) groups is 1. The largest absolute Gasteiger partial charge is 0.369 e. The van der Waals surface area contributed by atoms with E-state index in [2.05, 4.69) is 15.3 Å². The van der Waals surface area contributed by atoms with Gasteiger partial charge in [-0.3, -0.25) is 10.00 Å². The maximum atomic E-state index is 14.2. The molecule has 7 heteroatoms. The molecule has 4 rings (SSSR count). The summed E-state index contributed by atoms with van der Waals surface area (Å²) in [4.78, 5) is 16.4. The Morgan fingerprint density at radius 3 is 2.76 bits per heavy atom. The smallest absolute Gasteiger partial charge is 0.323 e. The quantitative estimate of drug-likeness (QED) is 0.912. The van der Waals surface area contributed by atoms with E-state index in [1.165, 1.54) is 6.07 Å². The number of halogens is 1. The highest BCUT2D eigenvalue weighted by Crippen LogP contribution is 2.30. The predicted octanol–water partition coefficient (Wildman–Crippen LogP) is 2.88. The molecule has 1 N–H and O–H groups in total. The third-order valence-electron chi connectivity index (χ3n) is 5.14. The van der Waals surface area contributed by atoms with Gasteiger partial charge in [-0.2, -0.15) is 5.10 Å². The van der Waals surface area contributed by atoms with Crippen LogP contribution in [0.15, 0.2) is 24.4 Å². The first-order valence-corrected chi connectivity index (χ1v) is 8.63. The zero-order chi connectivity index (χ0) is 17.6. The van der Waals surface area contributed by atoms with Crippen LogP contribution in [-0.2, 0) is 13.6 Å². The first kappa shape index (κ1) is 15.9. The number of fused-ring (bicyclic) bond motifs is 1. The number of piperidine rings is 1. The Hall–Kier alpha value is -2.57. The minimum atomic E-state index is -0.172. The number of nitrogens with one attached hydrogen (secondary N) is 1. The Balaban J connectivity index is 1.46. The zero-order valence-electron chi connectivity index (χ0n) is 14.5. The van der Waals surface area contributed by atoms with Gasteiger partial charge in [-0.25, -0.2) is 9.18 Å². The van der Waals surface area contributed by atoms with Crippen molar-refractivity contribution < 1.29 is 9.18 Å². The van der Waals surface area contributed by atoms with E-state index in [0.717, 1.165) is 37.1 Å². The molecule has 1 aromatic heterocycles. The van der Waals surface area contributed by atoms with Crippen LogP contribution in [0.3, 0.4) is 0 Å². The van der Waals surface area contributed by atoms with Crippen molar-refractivity contribution in [1.29, 1.82) is 0 Å². The highest BCUT2D eigenvalue weighted by Gasteiger charge is 2.33. The number of rotatable bonds is 2. The lowest BCUT2D eigenvalue weighted by molar-refractivity contribution is 0.167. The molecule has 1 saturated heterocycles. The Bertz CT molecular complexity index is 790. The van der Waals surface area contributed by atoms with Gasteiger partial charge in [0.25, 0.3) is 0 Å². The highest BCUT2D eigenvalue weighted by atomic mass is 19.1. The number of amides is 2. The zero-order valence-corrected chi connectivity index (χ0v) is 14.5. The SMILES string of the molecule is Cc1cccc(F)c1N1CCC(N2Cc3cn(C)nc3NC2=O)CC1. The van der Waals surface area contributed by atoms with Crippen molar-refractivity contribution in [2.75, 3.05) is 23.3 Å². The lowest BCUT2D eigenvalue weighted by atomic mass is 10.0. The first-order chi connectivity index (χ1) is 12.0. The molecule has 2 aliphatic rings. The number of benzene rings is 1. The first-order valence-electron chi connectivity index (χ1n) is 8.63. The standard InChI is InChI=1S/C18H22FN5O/c1-12-4-3-5-15(19)16(12)23-8-6-14(7-9-23)24-11-13-10-22(2)21-17(13)20-18(24)25/h3-5,10,14H,6-9,11H2,1-2H3,(H,20,21,25). The Kier molecular flexibility index (Phi) is 3.86. The van der Waals surface area contributed by atoms with Crippen molar-refractivity contribution in [2.45, 2.75) is 32.4 Å². The van der Waals surface area contributed by atoms with Gasteiger partial charge in [-0.1, -0.05) is 12.1 Å². The maximum absolute atomic E-state index is 14.2. The van der Waals surface area contributed by atoms with E-state index in [4.69, 9.17) is 0 Å². The lowest BCUT2D eigenvalue weighted by Gasteiger charge is -2.40. The summed E-state index contributed by atoms with van der Waals surface area (Å²) in [5.74, 6) is 0.484. The van der Waals surface area contributed by atoms with Crippen molar-refractivity contribution in [3.05, 3.63) is 41.3 Å². The van der Waals surface area contributed by atoms with Gasteiger partial charge >= 0.3 is 6.03 Å². The summed E-state index contributed by atoms with van der Waals surface area (Å²) in [6.07, 6.45) is 3.60. The van der Waals surface area contributed by atoms with E-state index < -0.39 is 0 Å².